The second-order valence-corrected chi connectivity index (χ2v) is 6.85. The number of nitrogens with one attached hydrogen (secondary N) is 1. The number of hydrogen-bond donors (Lipinski definition) is 1. The summed E-state index contributed by atoms with van der Waals surface area (Å²) in [7, 11) is 0. The first-order valence-electron chi connectivity index (χ1n) is 7.63. The molecule has 0 saturated carbocycles. The molecular formula is C18H21Br2NO2. The minimum absolute atomic E-state index is 0.606. The van der Waals surface area contributed by atoms with Gasteiger partial charge in [-0.2, -0.15) is 0 Å². The largest absolute Gasteiger partial charge is 0.490 e. The van der Waals surface area contributed by atoms with Gasteiger partial charge in [0, 0.05) is 16.7 Å². The standard InChI is InChI=1S/C18H21Br2NO2/c1-4-22-17-10-13(9-15(20)18(17)23-5-2)11-21-16-7-6-14(19)8-12(16)3/h6-10,21H,4-5,11H2,1-3H3. The van der Waals surface area contributed by atoms with Gasteiger partial charge < -0.3 is 14.8 Å². The van der Waals surface area contributed by atoms with Gasteiger partial charge in [0.1, 0.15) is 0 Å². The number of anilines is 1. The molecule has 0 aromatic heterocycles. The van der Waals surface area contributed by atoms with Gasteiger partial charge in [0.2, 0.25) is 0 Å². The van der Waals surface area contributed by atoms with Crippen molar-refractivity contribution in [2.75, 3.05) is 18.5 Å². The van der Waals surface area contributed by atoms with Crippen LogP contribution in [-0.2, 0) is 6.54 Å². The first-order valence-corrected chi connectivity index (χ1v) is 9.21. The molecule has 0 aliphatic heterocycles. The molecule has 0 saturated heterocycles. The van der Waals surface area contributed by atoms with Gasteiger partial charge in [-0.15, -0.1) is 0 Å². The Bertz CT molecular complexity index is 674. The summed E-state index contributed by atoms with van der Waals surface area (Å²) in [6.45, 7) is 7.96. The summed E-state index contributed by atoms with van der Waals surface area (Å²) in [5.41, 5.74) is 3.46. The van der Waals surface area contributed by atoms with Crippen LogP contribution >= 0.6 is 31.9 Å². The summed E-state index contributed by atoms with van der Waals surface area (Å²) in [5.74, 6) is 1.53. The van der Waals surface area contributed by atoms with Crippen molar-refractivity contribution in [2.45, 2.75) is 27.3 Å². The number of hydrogen-bond acceptors (Lipinski definition) is 3. The molecule has 0 fully saturated rings. The maximum atomic E-state index is 5.71. The Kier molecular flexibility index (Phi) is 6.78. The predicted molar refractivity (Wildman–Crippen MR) is 103 cm³/mol. The van der Waals surface area contributed by atoms with Crippen LogP contribution in [0.25, 0.3) is 0 Å². The Morgan fingerprint density at radius 1 is 1.00 bits per heavy atom. The van der Waals surface area contributed by atoms with Gasteiger partial charge in [0.15, 0.2) is 11.5 Å². The van der Waals surface area contributed by atoms with Crippen LogP contribution in [0, 0.1) is 6.92 Å². The zero-order valence-corrected chi connectivity index (χ0v) is 16.8. The van der Waals surface area contributed by atoms with Crippen LogP contribution in [0.3, 0.4) is 0 Å². The molecule has 0 aliphatic carbocycles. The van der Waals surface area contributed by atoms with Crippen molar-refractivity contribution in [3.8, 4) is 11.5 Å². The maximum Gasteiger partial charge on any atom is 0.175 e. The van der Waals surface area contributed by atoms with E-state index in [0.717, 1.165) is 31.7 Å². The Labute approximate surface area is 154 Å². The Hall–Kier alpha value is -1.20. The minimum atomic E-state index is 0.606. The van der Waals surface area contributed by atoms with Crippen LogP contribution in [0.15, 0.2) is 39.3 Å². The normalized spacial score (nSPS) is 10.5. The molecule has 0 bridgehead atoms. The van der Waals surface area contributed by atoms with Gasteiger partial charge in [0.05, 0.1) is 17.7 Å². The lowest BCUT2D eigenvalue weighted by atomic mass is 10.1. The van der Waals surface area contributed by atoms with Crippen molar-refractivity contribution in [1.82, 2.24) is 0 Å². The molecular weight excluding hydrogens is 422 g/mol. The summed E-state index contributed by atoms with van der Waals surface area (Å²) in [4.78, 5) is 0. The van der Waals surface area contributed by atoms with E-state index in [1.807, 2.05) is 26.0 Å². The molecule has 2 rings (SSSR count). The molecule has 5 heteroatoms. The Morgan fingerprint density at radius 3 is 2.39 bits per heavy atom. The van der Waals surface area contributed by atoms with Crippen molar-refractivity contribution in [2.24, 2.45) is 0 Å². The molecule has 0 atom stereocenters. The molecule has 2 aromatic carbocycles. The van der Waals surface area contributed by atoms with E-state index >= 15 is 0 Å². The van der Waals surface area contributed by atoms with Gasteiger partial charge in [0.25, 0.3) is 0 Å². The third-order valence-electron chi connectivity index (χ3n) is 3.33. The van der Waals surface area contributed by atoms with Crippen LogP contribution in [0.2, 0.25) is 0 Å². The van der Waals surface area contributed by atoms with E-state index in [-0.39, 0.29) is 0 Å². The van der Waals surface area contributed by atoms with E-state index in [1.165, 1.54) is 5.56 Å². The van der Waals surface area contributed by atoms with E-state index in [1.54, 1.807) is 0 Å². The lowest BCUT2D eigenvalue weighted by Gasteiger charge is -2.16. The van der Waals surface area contributed by atoms with Gasteiger partial charge in [-0.25, -0.2) is 0 Å². The summed E-state index contributed by atoms with van der Waals surface area (Å²) in [6.07, 6.45) is 0. The van der Waals surface area contributed by atoms with Crippen LogP contribution in [0.1, 0.15) is 25.0 Å². The van der Waals surface area contributed by atoms with E-state index in [4.69, 9.17) is 9.47 Å². The molecule has 0 unspecified atom stereocenters. The summed E-state index contributed by atoms with van der Waals surface area (Å²) < 4.78 is 13.4. The van der Waals surface area contributed by atoms with Gasteiger partial charge >= 0.3 is 0 Å². The topological polar surface area (TPSA) is 30.5 Å². The number of rotatable bonds is 7. The molecule has 1 N–H and O–H groups in total. The molecule has 2 aromatic rings. The number of benzene rings is 2. The van der Waals surface area contributed by atoms with E-state index < -0.39 is 0 Å². The molecule has 0 spiro atoms. The zero-order chi connectivity index (χ0) is 16.8. The molecule has 0 radical (unpaired) electrons. The van der Waals surface area contributed by atoms with Crippen molar-refractivity contribution >= 4 is 37.5 Å². The lowest BCUT2D eigenvalue weighted by molar-refractivity contribution is 0.286. The highest BCUT2D eigenvalue weighted by Crippen LogP contribution is 2.37. The molecule has 23 heavy (non-hydrogen) atoms. The van der Waals surface area contributed by atoms with Gasteiger partial charge in [-0.3, -0.25) is 0 Å². The summed E-state index contributed by atoms with van der Waals surface area (Å²) in [6, 6.07) is 10.3. The van der Waals surface area contributed by atoms with Crippen molar-refractivity contribution < 1.29 is 9.47 Å². The highest BCUT2D eigenvalue weighted by atomic mass is 79.9. The molecule has 0 amide bonds. The molecule has 124 valence electrons. The predicted octanol–water partition coefficient (Wildman–Crippen LogP) is 5.93. The fraction of sp³-hybridized carbons (Fsp3) is 0.333. The van der Waals surface area contributed by atoms with Crippen LogP contribution in [0.4, 0.5) is 5.69 Å². The third-order valence-corrected chi connectivity index (χ3v) is 4.41. The van der Waals surface area contributed by atoms with Crippen LogP contribution in [0.5, 0.6) is 11.5 Å². The minimum Gasteiger partial charge on any atom is -0.490 e. The first kappa shape index (κ1) is 18.1. The number of ether oxygens (including phenoxy) is 2. The molecule has 0 heterocycles. The van der Waals surface area contributed by atoms with E-state index in [2.05, 4.69) is 62.3 Å². The fourth-order valence-corrected chi connectivity index (χ4v) is 3.37. The second kappa shape index (κ2) is 8.60. The Morgan fingerprint density at radius 2 is 1.74 bits per heavy atom. The first-order chi connectivity index (χ1) is 11.0. The van der Waals surface area contributed by atoms with Gasteiger partial charge in [-0.1, -0.05) is 15.9 Å². The molecule has 0 aliphatic rings. The number of aryl methyl sites for hydroxylation is 1. The van der Waals surface area contributed by atoms with Crippen molar-refractivity contribution in [3.05, 3.63) is 50.4 Å². The fourth-order valence-electron chi connectivity index (χ4n) is 2.29. The second-order valence-electron chi connectivity index (χ2n) is 5.08. The smallest absolute Gasteiger partial charge is 0.175 e. The third kappa shape index (κ3) is 4.88. The summed E-state index contributed by atoms with van der Waals surface area (Å²) >= 11 is 7.07. The van der Waals surface area contributed by atoms with E-state index in [0.29, 0.717) is 19.8 Å². The average molecular weight is 443 g/mol. The maximum absolute atomic E-state index is 5.71. The van der Waals surface area contributed by atoms with Crippen molar-refractivity contribution in [3.63, 3.8) is 0 Å². The van der Waals surface area contributed by atoms with Crippen LogP contribution in [-0.4, -0.2) is 13.2 Å². The highest BCUT2D eigenvalue weighted by Gasteiger charge is 2.12. The van der Waals surface area contributed by atoms with E-state index in [9.17, 15) is 0 Å². The lowest BCUT2D eigenvalue weighted by Crippen LogP contribution is -2.04. The quantitative estimate of drug-likeness (QED) is 0.576. The SMILES string of the molecule is CCOc1cc(CNc2ccc(Br)cc2C)cc(Br)c1OCC. The van der Waals surface area contributed by atoms with Gasteiger partial charge in [-0.05, 0) is 78.2 Å². The highest BCUT2D eigenvalue weighted by molar-refractivity contribution is 9.10. The monoisotopic (exact) mass is 441 g/mol. The summed E-state index contributed by atoms with van der Waals surface area (Å²) in [5, 5.41) is 3.47. The number of halogens is 2. The van der Waals surface area contributed by atoms with Crippen molar-refractivity contribution in [1.29, 1.82) is 0 Å². The average Bonchev–Trinajstić information content (AvgIpc) is 2.50. The van der Waals surface area contributed by atoms with Crippen LogP contribution < -0.4 is 14.8 Å². The Balaban J connectivity index is 2.19. The molecule has 3 nitrogen and oxygen atoms in total. The zero-order valence-electron chi connectivity index (χ0n) is 13.6.